The van der Waals surface area contributed by atoms with Gasteiger partial charge < -0.3 is 15.4 Å². The SMILES string of the molecule is CCC(NC(=O)NCC1CN2CCCC2CO1)c1c(C)nn(C)c1C. The van der Waals surface area contributed by atoms with Crippen LogP contribution in [0.15, 0.2) is 0 Å². The van der Waals surface area contributed by atoms with Crippen molar-refractivity contribution in [2.24, 2.45) is 7.05 Å². The molecular weight excluding hydrogens is 318 g/mol. The van der Waals surface area contributed by atoms with Gasteiger partial charge in [0, 0.05) is 37.4 Å². The molecule has 0 aliphatic carbocycles. The van der Waals surface area contributed by atoms with E-state index in [1.165, 1.54) is 12.8 Å². The number of ether oxygens (including phenoxy) is 1. The van der Waals surface area contributed by atoms with Crippen molar-refractivity contribution in [3.8, 4) is 0 Å². The molecule has 2 aliphatic heterocycles. The fourth-order valence-electron chi connectivity index (χ4n) is 4.10. The Bertz CT molecular complexity index is 615. The number of morpholine rings is 1. The maximum atomic E-state index is 12.4. The average Bonchev–Trinajstić information content (AvgIpc) is 3.15. The molecule has 25 heavy (non-hydrogen) atoms. The number of fused-ring (bicyclic) bond motifs is 1. The zero-order valence-corrected chi connectivity index (χ0v) is 15.8. The molecule has 0 aromatic carbocycles. The number of carbonyl (C=O) groups is 1. The molecule has 2 fully saturated rings. The van der Waals surface area contributed by atoms with E-state index in [1.54, 1.807) is 0 Å². The standard InChI is InChI=1S/C18H31N5O2/c1-5-16(17-12(2)21-22(4)13(17)3)20-18(24)19-9-15-10-23-8-6-7-14(23)11-25-15/h14-16H,5-11H2,1-4H3,(H2,19,20,24). The van der Waals surface area contributed by atoms with Crippen molar-refractivity contribution >= 4 is 6.03 Å². The summed E-state index contributed by atoms with van der Waals surface area (Å²) in [5, 5.41) is 10.5. The molecule has 0 saturated carbocycles. The van der Waals surface area contributed by atoms with E-state index in [2.05, 4.69) is 27.6 Å². The number of amides is 2. The first-order chi connectivity index (χ1) is 12.0. The van der Waals surface area contributed by atoms with Crippen molar-refractivity contribution in [2.45, 2.75) is 58.2 Å². The van der Waals surface area contributed by atoms with Crippen molar-refractivity contribution < 1.29 is 9.53 Å². The summed E-state index contributed by atoms with van der Waals surface area (Å²) in [6.07, 6.45) is 3.41. The predicted octanol–water partition coefficient (Wildman–Crippen LogP) is 1.65. The first kappa shape index (κ1) is 18.2. The van der Waals surface area contributed by atoms with E-state index in [-0.39, 0.29) is 18.2 Å². The minimum atomic E-state index is -0.137. The second kappa shape index (κ2) is 7.74. The molecule has 140 valence electrons. The third-order valence-corrected chi connectivity index (χ3v) is 5.58. The lowest BCUT2D eigenvalue weighted by Crippen LogP contribution is -2.51. The maximum Gasteiger partial charge on any atom is 0.315 e. The maximum absolute atomic E-state index is 12.4. The minimum Gasteiger partial charge on any atom is -0.373 e. The Hall–Kier alpha value is -1.60. The van der Waals surface area contributed by atoms with Crippen LogP contribution >= 0.6 is 0 Å². The van der Waals surface area contributed by atoms with Gasteiger partial charge in [-0.05, 0) is 39.7 Å². The van der Waals surface area contributed by atoms with Gasteiger partial charge in [-0.15, -0.1) is 0 Å². The van der Waals surface area contributed by atoms with Crippen LogP contribution in [0, 0.1) is 13.8 Å². The lowest BCUT2D eigenvalue weighted by Gasteiger charge is -2.35. The highest BCUT2D eigenvalue weighted by Crippen LogP contribution is 2.24. The van der Waals surface area contributed by atoms with Crippen molar-refractivity contribution in [1.29, 1.82) is 0 Å². The summed E-state index contributed by atoms with van der Waals surface area (Å²) >= 11 is 0. The van der Waals surface area contributed by atoms with Crippen LogP contribution in [0.4, 0.5) is 4.79 Å². The summed E-state index contributed by atoms with van der Waals surface area (Å²) < 4.78 is 7.77. The van der Waals surface area contributed by atoms with Crippen LogP contribution in [0.5, 0.6) is 0 Å². The Balaban J connectivity index is 1.51. The van der Waals surface area contributed by atoms with Crippen LogP contribution in [0.25, 0.3) is 0 Å². The monoisotopic (exact) mass is 349 g/mol. The highest BCUT2D eigenvalue weighted by atomic mass is 16.5. The number of urea groups is 1. The molecule has 0 bridgehead atoms. The van der Waals surface area contributed by atoms with Crippen molar-refractivity contribution in [3.63, 3.8) is 0 Å². The molecule has 2 amide bonds. The van der Waals surface area contributed by atoms with Crippen LogP contribution in [0.2, 0.25) is 0 Å². The lowest BCUT2D eigenvalue weighted by molar-refractivity contribution is -0.0458. The average molecular weight is 349 g/mol. The number of hydrogen-bond acceptors (Lipinski definition) is 4. The third kappa shape index (κ3) is 3.98. The largest absolute Gasteiger partial charge is 0.373 e. The van der Waals surface area contributed by atoms with Gasteiger partial charge in [-0.1, -0.05) is 6.92 Å². The van der Waals surface area contributed by atoms with Crippen molar-refractivity contribution in [1.82, 2.24) is 25.3 Å². The highest BCUT2D eigenvalue weighted by Gasteiger charge is 2.32. The number of rotatable bonds is 5. The molecule has 2 N–H and O–H groups in total. The smallest absolute Gasteiger partial charge is 0.315 e. The molecule has 1 aromatic rings. The quantitative estimate of drug-likeness (QED) is 0.848. The van der Waals surface area contributed by atoms with Crippen LogP contribution in [0.3, 0.4) is 0 Å². The van der Waals surface area contributed by atoms with Gasteiger partial charge in [0.25, 0.3) is 0 Å². The molecule has 3 rings (SSSR count). The van der Waals surface area contributed by atoms with Gasteiger partial charge in [-0.25, -0.2) is 4.79 Å². The van der Waals surface area contributed by atoms with Gasteiger partial charge in [0.2, 0.25) is 0 Å². The van der Waals surface area contributed by atoms with E-state index in [4.69, 9.17) is 4.74 Å². The number of nitrogens with one attached hydrogen (secondary N) is 2. The van der Waals surface area contributed by atoms with Gasteiger partial charge in [0.05, 0.1) is 24.4 Å². The molecule has 0 radical (unpaired) electrons. The summed E-state index contributed by atoms with van der Waals surface area (Å²) in [6.45, 7) is 9.54. The van der Waals surface area contributed by atoms with Crippen LogP contribution in [0.1, 0.15) is 49.2 Å². The molecule has 7 heteroatoms. The van der Waals surface area contributed by atoms with E-state index in [9.17, 15) is 4.79 Å². The van der Waals surface area contributed by atoms with E-state index in [1.807, 2.05) is 25.6 Å². The zero-order valence-electron chi connectivity index (χ0n) is 15.8. The normalized spacial score (nSPS) is 24.8. The molecule has 2 saturated heterocycles. The van der Waals surface area contributed by atoms with Crippen LogP contribution < -0.4 is 10.6 Å². The summed E-state index contributed by atoms with van der Waals surface area (Å²) in [6, 6.07) is 0.427. The topological polar surface area (TPSA) is 71.4 Å². The third-order valence-electron chi connectivity index (χ3n) is 5.58. The number of hydrogen-bond donors (Lipinski definition) is 2. The summed E-state index contributed by atoms with van der Waals surface area (Å²) in [5.74, 6) is 0. The second-order valence-corrected chi connectivity index (χ2v) is 7.27. The van der Waals surface area contributed by atoms with Gasteiger partial charge in [-0.3, -0.25) is 9.58 Å². The Kier molecular flexibility index (Phi) is 5.64. The summed E-state index contributed by atoms with van der Waals surface area (Å²) in [5.41, 5.74) is 3.19. The first-order valence-corrected chi connectivity index (χ1v) is 9.39. The number of aromatic nitrogens is 2. The van der Waals surface area contributed by atoms with Gasteiger partial charge in [0.15, 0.2) is 0 Å². The van der Waals surface area contributed by atoms with E-state index >= 15 is 0 Å². The Morgan fingerprint density at radius 3 is 2.92 bits per heavy atom. The molecule has 3 heterocycles. The number of nitrogens with zero attached hydrogens (tertiary/aromatic N) is 3. The van der Waals surface area contributed by atoms with E-state index in [0.29, 0.717) is 12.6 Å². The van der Waals surface area contributed by atoms with E-state index < -0.39 is 0 Å². The van der Waals surface area contributed by atoms with Crippen molar-refractivity contribution in [3.05, 3.63) is 17.0 Å². The second-order valence-electron chi connectivity index (χ2n) is 7.27. The van der Waals surface area contributed by atoms with Gasteiger partial charge >= 0.3 is 6.03 Å². The summed E-state index contributed by atoms with van der Waals surface area (Å²) in [4.78, 5) is 14.9. The summed E-state index contributed by atoms with van der Waals surface area (Å²) in [7, 11) is 1.94. The van der Waals surface area contributed by atoms with Crippen LogP contribution in [-0.2, 0) is 11.8 Å². The number of carbonyl (C=O) groups excluding carboxylic acids is 1. The molecule has 3 atom stereocenters. The van der Waals surface area contributed by atoms with Crippen molar-refractivity contribution in [2.75, 3.05) is 26.2 Å². The molecule has 7 nitrogen and oxygen atoms in total. The molecule has 1 aromatic heterocycles. The Labute approximate surface area is 150 Å². The fourth-order valence-corrected chi connectivity index (χ4v) is 4.10. The molecule has 2 aliphatic rings. The fraction of sp³-hybridized carbons (Fsp3) is 0.778. The predicted molar refractivity (Wildman–Crippen MR) is 96.6 cm³/mol. The number of aryl methyl sites for hydroxylation is 2. The van der Waals surface area contributed by atoms with E-state index in [0.717, 1.165) is 43.1 Å². The molecular formula is C18H31N5O2. The first-order valence-electron chi connectivity index (χ1n) is 9.39. The molecule has 3 unspecified atom stereocenters. The minimum absolute atomic E-state index is 0.0241. The zero-order chi connectivity index (χ0) is 18.0. The highest BCUT2D eigenvalue weighted by molar-refractivity contribution is 5.74. The molecule has 0 spiro atoms. The van der Waals surface area contributed by atoms with Gasteiger partial charge in [-0.2, -0.15) is 5.10 Å². The van der Waals surface area contributed by atoms with Crippen LogP contribution in [-0.4, -0.2) is 59.1 Å². The Morgan fingerprint density at radius 1 is 1.44 bits per heavy atom. The van der Waals surface area contributed by atoms with Gasteiger partial charge in [0.1, 0.15) is 0 Å². The Morgan fingerprint density at radius 2 is 2.24 bits per heavy atom. The lowest BCUT2D eigenvalue weighted by atomic mass is 10.0.